The molecule has 0 aromatic carbocycles. The largest absolute Gasteiger partial charge is 1.00 e. The molecule has 3 N–H and O–H groups in total. The van der Waals surface area contributed by atoms with Crippen molar-refractivity contribution < 1.29 is 75.3 Å². The Hall–Kier alpha value is -1.10. The first-order valence-electron chi connectivity index (χ1n) is 8.68. The number of nitrogens with one attached hydrogen (secondary N) is 1. The van der Waals surface area contributed by atoms with E-state index in [2.05, 4.69) is 15.0 Å². The van der Waals surface area contributed by atoms with Gasteiger partial charge in [0, 0.05) is 5.38 Å². The molecule has 2 heterocycles. The number of esters is 1. The minimum atomic E-state index is -5.35. The van der Waals surface area contributed by atoms with E-state index in [0.717, 1.165) is 18.4 Å². The number of ether oxygens (including phenoxy) is 1. The van der Waals surface area contributed by atoms with Gasteiger partial charge in [-0.2, -0.15) is 0 Å². The number of carbonyl (C=O) groups excluding carboxylic acids is 3. The second kappa shape index (κ2) is 11.4. The summed E-state index contributed by atoms with van der Waals surface area (Å²) in [5.74, 6) is -3.74. The maximum atomic E-state index is 13.3. The number of anilines is 1. The Morgan fingerprint density at radius 3 is 2.34 bits per heavy atom. The van der Waals surface area contributed by atoms with Crippen molar-refractivity contribution in [2.24, 2.45) is 0 Å². The van der Waals surface area contributed by atoms with Gasteiger partial charge in [0.15, 0.2) is 27.1 Å². The van der Waals surface area contributed by atoms with E-state index in [9.17, 15) is 31.9 Å². The molecule has 0 saturated carbocycles. The van der Waals surface area contributed by atoms with Crippen molar-refractivity contribution in [1.29, 1.82) is 0 Å². The average Bonchev–Trinajstić information content (AvgIpc) is 3.08. The van der Waals surface area contributed by atoms with Crippen molar-refractivity contribution in [3.05, 3.63) is 11.1 Å². The third-order valence-electron chi connectivity index (χ3n) is 4.04. The van der Waals surface area contributed by atoms with Crippen molar-refractivity contribution in [2.75, 3.05) is 26.1 Å². The van der Waals surface area contributed by atoms with Gasteiger partial charge in [0.1, 0.15) is 6.04 Å². The van der Waals surface area contributed by atoms with E-state index in [1.165, 1.54) is 19.2 Å². The number of hydrogen-bond acceptors (Lipinski definition) is 13. The molecule has 1 unspecified atom stereocenters. The number of rotatable bonds is 10. The minimum Gasteiger partial charge on any atom is -0.731 e. The summed E-state index contributed by atoms with van der Waals surface area (Å²) in [6, 6.07) is -3.69. The summed E-state index contributed by atoms with van der Waals surface area (Å²) in [7, 11) is -8.65. The van der Waals surface area contributed by atoms with Crippen molar-refractivity contribution >= 4 is 52.2 Å². The van der Waals surface area contributed by atoms with E-state index < -0.39 is 53.4 Å². The van der Waals surface area contributed by atoms with Gasteiger partial charge in [-0.05, 0) is 13.8 Å². The van der Waals surface area contributed by atoms with Crippen LogP contribution >= 0.6 is 18.9 Å². The van der Waals surface area contributed by atoms with Crippen LogP contribution in [-0.4, -0.2) is 72.5 Å². The zero-order valence-corrected chi connectivity index (χ0v) is 22.1. The van der Waals surface area contributed by atoms with Crippen LogP contribution in [0.5, 0.6) is 0 Å². The summed E-state index contributed by atoms with van der Waals surface area (Å²) in [5.41, 5.74) is 3.82. The molecule has 0 aliphatic carbocycles. The molecule has 0 bridgehead atoms. The fraction of sp³-hybridized carbons (Fsp3) is 0.571. The van der Waals surface area contributed by atoms with Gasteiger partial charge in [-0.1, -0.05) is 0 Å². The Bertz CT molecular complexity index is 1010. The molecule has 14 nitrogen and oxygen atoms in total. The van der Waals surface area contributed by atoms with Gasteiger partial charge in [-0.15, -0.1) is 11.3 Å². The molecule has 3 atom stereocenters. The molecule has 1 fully saturated rings. The number of β-lactam (4-membered cyclic amide) rings is 1. The summed E-state index contributed by atoms with van der Waals surface area (Å²) >= 11 is 0.939. The molecule has 1 aliphatic rings. The van der Waals surface area contributed by atoms with Gasteiger partial charge in [-0.25, -0.2) is 22.5 Å². The van der Waals surface area contributed by atoms with E-state index in [0.29, 0.717) is 0 Å². The van der Waals surface area contributed by atoms with Crippen LogP contribution in [0.15, 0.2) is 5.38 Å². The number of methoxy groups -OCH3 is 1. The maximum absolute atomic E-state index is 13.3. The zero-order chi connectivity index (χ0) is 23.6. The SMILES string of the molecule is CCOP(=O)(OCC)C(C(=O)N[C@@H]1C(=O)N(S(=O)(=O)[O-])[C@@H]1C(=O)OC)c1csc(N)n1.[Na+]. The topological polar surface area (TPSA) is 207 Å². The molecule has 0 radical (unpaired) electrons. The standard InChI is InChI=1S/C14H21N4O10PS2.Na/c1-4-27-29(22,28-5-2)10(7-6-30-14(15)16-7)11(19)17-8-9(13(21)26-3)18(12(8)20)31(23,24)25;/h6,8-10H,4-5H2,1-3H3,(H2,15,16)(H,17,19)(H,23,24,25);/q;+1/p-1/t8-,9-,10?;/m0./s1. The predicted molar refractivity (Wildman–Crippen MR) is 104 cm³/mol. The normalized spacial score (nSPS) is 19.5. The van der Waals surface area contributed by atoms with Gasteiger partial charge >= 0.3 is 43.1 Å². The number of amides is 2. The predicted octanol–water partition coefficient (Wildman–Crippen LogP) is -3.63. The third-order valence-corrected chi connectivity index (χ3v) is 7.98. The van der Waals surface area contributed by atoms with E-state index in [-0.39, 0.29) is 57.9 Å². The number of aromatic nitrogens is 1. The van der Waals surface area contributed by atoms with Crippen molar-refractivity contribution in [3.8, 4) is 0 Å². The molecule has 18 heteroatoms. The van der Waals surface area contributed by atoms with E-state index in [1.54, 1.807) is 0 Å². The van der Waals surface area contributed by atoms with Crippen LogP contribution in [-0.2, 0) is 43.0 Å². The molecule has 1 saturated heterocycles. The van der Waals surface area contributed by atoms with Crippen LogP contribution in [0, 0.1) is 0 Å². The summed E-state index contributed by atoms with van der Waals surface area (Å²) < 4.78 is 61.8. The summed E-state index contributed by atoms with van der Waals surface area (Å²) in [4.78, 5) is 41.1. The minimum absolute atomic E-state index is 0. The van der Waals surface area contributed by atoms with Crippen molar-refractivity contribution in [1.82, 2.24) is 14.6 Å². The smallest absolute Gasteiger partial charge is 0.731 e. The fourth-order valence-electron chi connectivity index (χ4n) is 2.85. The first-order valence-corrected chi connectivity index (χ1v) is 12.5. The number of hydrogen-bond donors (Lipinski definition) is 2. The van der Waals surface area contributed by atoms with Crippen molar-refractivity contribution in [2.45, 2.75) is 31.6 Å². The van der Waals surface area contributed by atoms with Crippen molar-refractivity contribution in [3.63, 3.8) is 0 Å². The molecular formula is C14H20N4NaO10PS2. The van der Waals surface area contributed by atoms with Crippen LogP contribution in [0.2, 0.25) is 0 Å². The Morgan fingerprint density at radius 2 is 1.94 bits per heavy atom. The molecule has 1 aliphatic heterocycles. The van der Waals surface area contributed by atoms with Crippen LogP contribution in [0.4, 0.5) is 5.13 Å². The summed E-state index contributed by atoms with van der Waals surface area (Å²) in [5, 5.41) is 3.50. The summed E-state index contributed by atoms with van der Waals surface area (Å²) in [6.07, 6.45) is 0. The van der Waals surface area contributed by atoms with Gasteiger partial charge in [0.25, 0.3) is 5.91 Å². The van der Waals surface area contributed by atoms with Crippen LogP contribution in [0.1, 0.15) is 25.2 Å². The fourth-order valence-corrected chi connectivity index (χ4v) is 6.27. The summed E-state index contributed by atoms with van der Waals surface area (Å²) in [6.45, 7) is 2.82. The molecule has 1 aromatic heterocycles. The molecule has 0 spiro atoms. The first-order chi connectivity index (χ1) is 14.4. The molecule has 1 aromatic rings. The number of nitrogen functional groups attached to an aromatic ring is 1. The third kappa shape index (κ3) is 5.87. The quantitative estimate of drug-likeness (QED) is 0.100. The number of nitrogens with two attached hydrogens (primary N) is 1. The Labute approximate surface area is 209 Å². The monoisotopic (exact) mass is 522 g/mol. The molecule has 2 amide bonds. The molecular weight excluding hydrogens is 502 g/mol. The van der Waals surface area contributed by atoms with Crippen LogP contribution < -0.4 is 40.6 Å². The second-order valence-electron chi connectivity index (χ2n) is 5.93. The van der Waals surface area contributed by atoms with Gasteiger partial charge in [0.2, 0.25) is 5.91 Å². The van der Waals surface area contributed by atoms with E-state index in [1.807, 2.05) is 0 Å². The first kappa shape index (κ1) is 28.9. The zero-order valence-electron chi connectivity index (χ0n) is 17.5. The number of carbonyl (C=O) groups is 3. The van der Waals surface area contributed by atoms with Gasteiger partial charge < -0.3 is 29.4 Å². The Morgan fingerprint density at radius 1 is 1.38 bits per heavy atom. The van der Waals surface area contributed by atoms with E-state index in [4.69, 9.17) is 14.8 Å². The van der Waals surface area contributed by atoms with Gasteiger partial charge in [-0.3, -0.25) is 14.2 Å². The Balaban J connectivity index is 0.00000512. The maximum Gasteiger partial charge on any atom is 1.00 e. The van der Waals surface area contributed by atoms with Crippen LogP contribution in [0.3, 0.4) is 0 Å². The van der Waals surface area contributed by atoms with Crippen LogP contribution in [0.25, 0.3) is 0 Å². The molecule has 32 heavy (non-hydrogen) atoms. The molecule has 174 valence electrons. The van der Waals surface area contributed by atoms with Gasteiger partial charge in [0.05, 0.1) is 26.0 Å². The average molecular weight is 522 g/mol. The van der Waals surface area contributed by atoms with E-state index >= 15 is 0 Å². The number of nitrogens with zero attached hydrogens (tertiary/aromatic N) is 2. The number of thiazole rings is 1. The second-order valence-corrected chi connectivity index (χ2v) is 10.2. The Kier molecular flexibility index (Phi) is 10.3. The molecule has 2 rings (SSSR count).